The van der Waals surface area contributed by atoms with Crippen LogP contribution in [0.4, 0.5) is 5.69 Å². The second kappa shape index (κ2) is 9.52. The topological polar surface area (TPSA) is 122 Å². The summed E-state index contributed by atoms with van der Waals surface area (Å²) in [5.41, 5.74) is 5.96. The van der Waals surface area contributed by atoms with Crippen molar-refractivity contribution in [3.05, 3.63) is 77.6 Å². The molecular weight excluding hydrogens is 454 g/mol. The molecule has 0 amide bonds. The number of fused-ring (bicyclic) bond motifs is 4. The first kappa shape index (κ1) is 23.7. The number of rotatable bonds is 5. The zero-order valence-corrected chi connectivity index (χ0v) is 20.3. The Morgan fingerprint density at radius 2 is 1.69 bits per heavy atom. The summed E-state index contributed by atoms with van der Waals surface area (Å²) in [5.74, 6) is -1.07. The van der Waals surface area contributed by atoms with Crippen LogP contribution in [-0.2, 0) is 6.42 Å². The lowest BCUT2D eigenvalue weighted by Gasteiger charge is -2.36. The van der Waals surface area contributed by atoms with Crippen LogP contribution in [0.15, 0.2) is 60.7 Å². The molecule has 1 saturated heterocycles. The third-order valence-electron chi connectivity index (χ3n) is 6.98. The average molecular weight is 484 g/mol. The summed E-state index contributed by atoms with van der Waals surface area (Å²) in [6.45, 7) is 6.99. The average Bonchev–Trinajstić information content (AvgIpc) is 3.32. The first-order valence-electron chi connectivity index (χ1n) is 11.9. The van der Waals surface area contributed by atoms with Gasteiger partial charge in [0.15, 0.2) is 5.69 Å². The van der Waals surface area contributed by atoms with Gasteiger partial charge in [0.05, 0.1) is 11.0 Å². The summed E-state index contributed by atoms with van der Waals surface area (Å²) in [7, 11) is 0. The van der Waals surface area contributed by atoms with Crippen molar-refractivity contribution in [3.63, 3.8) is 0 Å². The fourth-order valence-corrected chi connectivity index (χ4v) is 5.13. The molecule has 4 N–H and O–H groups in total. The number of piperazine rings is 1. The number of anilines is 1. The minimum atomic E-state index is -1.07. The predicted molar refractivity (Wildman–Crippen MR) is 141 cm³/mol. The maximum absolute atomic E-state index is 11.4. The van der Waals surface area contributed by atoms with Crippen molar-refractivity contribution in [1.29, 1.82) is 0 Å². The van der Waals surface area contributed by atoms with E-state index in [9.17, 15) is 9.90 Å². The van der Waals surface area contributed by atoms with Crippen molar-refractivity contribution in [2.45, 2.75) is 13.3 Å². The molecule has 1 aliphatic heterocycles. The van der Waals surface area contributed by atoms with Gasteiger partial charge in [0, 0.05) is 54.9 Å². The molecule has 0 spiro atoms. The Hall–Kier alpha value is -4.08. The highest BCUT2D eigenvalue weighted by Crippen LogP contribution is 2.27. The van der Waals surface area contributed by atoms with Gasteiger partial charge in [-0.3, -0.25) is 9.88 Å². The Balaban J connectivity index is 0.00000267. The molecule has 0 bridgehead atoms. The fourth-order valence-electron chi connectivity index (χ4n) is 5.13. The van der Waals surface area contributed by atoms with Crippen LogP contribution < -0.4 is 11.1 Å². The maximum Gasteiger partial charge on any atom is 0.358 e. The molecule has 0 aliphatic carbocycles. The molecule has 0 saturated carbocycles. The Kier molecular flexibility index (Phi) is 6.26. The van der Waals surface area contributed by atoms with Crippen LogP contribution in [0.25, 0.3) is 27.3 Å². The lowest BCUT2D eigenvalue weighted by Crippen LogP contribution is -2.47. The molecule has 36 heavy (non-hydrogen) atoms. The van der Waals surface area contributed by atoms with E-state index in [2.05, 4.69) is 61.5 Å². The minimum absolute atomic E-state index is 0. The molecule has 4 heterocycles. The number of carboxylic acids is 1. The highest BCUT2D eigenvalue weighted by molar-refractivity contribution is 5.96. The molecule has 0 radical (unpaired) electrons. The van der Waals surface area contributed by atoms with E-state index in [0.717, 1.165) is 61.3 Å². The molecule has 1 aliphatic rings. The Bertz CT molecular complexity index is 1570. The minimum Gasteiger partial charge on any atom is -0.476 e. The van der Waals surface area contributed by atoms with E-state index in [-0.39, 0.29) is 11.8 Å². The molecule has 9 heteroatoms. The summed E-state index contributed by atoms with van der Waals surface area (Å²) < 4.78 is 1.63. The lowest BCUT2D eigenvalue weighted by atomic mass is 10.0. The number of carbonyl (C=O) groups is 1. The first-order chi connectivity index (χ1) is 17.1. The largest absolute Gasteiger partial charge is 0.476 e. The molecule has 0 atom stereocenters. The molecule has 3 aromatic heterocycles. The van der Waals surface area contributed by atoms with Crippen LogP contribution in [0.2, 0.25) is 0 Å². The second-order valence-corrected chi connectivity index (χ2v) is 9.10. The molecule has 1 fully saturated rings. The van der Waals surface area contributed by atoms with Crippen molar-refractivity contribution in [2.75, 3.05) is 37.6 Å². The van der Waals surface area contributed by atoms with Crippen LogP contribution in [0.3, 0.4) is 0 Å². The van der Waals surface area contributed by atoms with Crippen molar-refractivity contribution < 1.29 is 9.90 Å². The summed E-state index contributed by atoms with van der Waals surface area (Å²) in [4.78, 5) is 21.1. The van der Waals surface area contributed by atoms with E-state index in [4.69, 9.17) is 0 Å². The predicted octanol–water partition coefficient (Wildman–Crippen LogP) is 3.96. The zero-order chi connectivity index (χ0) is 23.9. The maximum atomic E-state index is 11.4. The number of hydrogen-bond acceptors (Lipinski definition) is 7. The van der Waals surface area contributed by atoms with Crippen molar-refractivity contribution in [1.82, 2.24) is 30.9 Å². The highest BCUT2D eigenvalue weighted by Gasteiger charge is 2.20. The summed E-state index contributed by atoms with van der Waals surface area (Å²) in [6.07, 6.45) is 0.917. The van der Waals surface area contributed by atoms with Crippen LogP contribution in [0, 0.1) is 6.92 Å². The molecule has 2 aromatic carbocycles. The van der Waals surface area contributed by atoms with Crippen molar-refractivity contribution in [3.8, 4) is 0 Å². The van der Waals surface area contributed by atoms with Gasteiger partial charge in [-0.2, -0.15) is 0 Å². The second-order valence-electron chi connectivity index (χ2n) is 9.10. The van der Waals surface area contributed by atoms with Gasteiger partial charge >= 0.3 is 5.97 Å². The molecular formula is C27H29N7O2. The number of aromatic nitrogens is 4. The Morgan fingerprint density at radius 1 is 0.917 bits per heavy atom. The number of nitrogens with zero attached hydrogens (tertiary/aromatic N) is 6. The number of hydrogen-bond donors (Lipinski definition) is 2. The quantitative estimate of drug-likeness (QED) is 0.385. The van der Waals surface area contributed by atoms with Gasteiger partial charge < -0.3 is 16.2 Å². The summed E-state index contributed by atoms with van der Waals surface area (Å²) in [6, 6.07) is 20.6. The van der Waals surface area contributed by atoms with Gasteiger partial charge in [-0.1, -0.05) is 29.5 Å². The number of aryl methyl sites for hydroxylation is 1. The van der Waals surface area contributed by atoms with Crippen LogP contribution in [0.5, 0.6) is 0 Å². The standard InChI is InChI=1S/C27H26N6O2.H3N/c1-18-8-9-21-22(28-18)5-3-6-23(21)32-16-14-31(15-17-32)13-12-19-4-2-7-24-20(19)10-11-25-26(27(34)35)29-30-33(24)25;/h2-11H,12-17H2,1H3,(H,34,35);1H3. The van der Waals surface area contributed by atoms with Crippen LogP contribution in [0.1, 0.15) is 21.7 Å². The van der Waals surface area contributed by atoms with Crippen molar-refractivity contribution >= 4 is 39.0 Å². The number of carboxylic acid groups (broad SMARTS) is 1. The van der Waals surface area contributed by atoms with Gasteiger partial charge in [0.25, 0.3) is 0 Å². The third kappa shape index (κ3) is 4.12. The van der Waals surface area contributed by atoms with Crippen LogP contribution >= 0.6 is 0 Å². The Labute approximate surface area is 208 Å². The number of benzene rings is 2. The van der Waals surface area contributed by atoms with Gasteiger partial charge in [-0.25, -0.2) is 9.31 Å². The van der Waals surface area contributed by atoms with E-state index in [1.165, 1.54) is 16.6 Å². The molecule has 0 unspecified atom stereocenters. The van der Waals surface area contributed by atoms with E-state index in [1.54, 1.807) is 10.6 Å². The van der Waals surface area contributed by atoms with Crippen molar-refractivity contribution in [2.24, 2.45) is 0 Å². The first-order valence-corrected chi connectivity index (χ1v) is 11.9. The number of pyridine rings is 2. The van der Waals surface area contributed by atoms with Gasteiger partial charge in [0.1, 0.15) is 5.52 Å². The van der Waals surface area contributed by atoms with E-state index in [1.807, 2.05) is 25.1 Å². The van der Waals surface area contributed by atoms with E-state index in [0.29, 0.717) is 5.52 Å². The summed E-state index contributed by atoms with van der Waals surface area (Å²) in [5, 5.41) is 19.6. The third-order valence-corrected chi connectivity index (χ3v) is 6.98. The van der Waals surface area contributed by atoms with E-state index < -0.39 is 5.97 Å². The van der Waals surface area contributed by atoms with Crippen LogP contribution in [-0.4, -0.2) is 68.5 Å². The van der Waals surface area contributed by atoms with Gasteiger partial charge in [-0.05, 0) is 55.3 Å². The zero-order valence-electron chi connectivity index (χ0n) is 20.3. The van der Waals surface area contributed by atoms with Gasteiger partial charge in [-0.15, -0.1) is 5.10 Å². The smallest absolute Gasteiger partial charge is 0.358 e. The Morgan fingerprint density at radius 3 is 2.50 bits per heavy atom. The number of aromatic carboxylic acids is 1. The highest BCUT2D eigenvalue weighted by atomic mass is 16.4. The van der Waals surface area contributed by atoms with Gasteiger partial charge in [0.2, 0.25) is 0 Å². The molecule has 5 aromatic rings. The molecule has 9 nitrogen and oxygen atoms in total. The normalized spacial score (nSPS) is 14.4. The fraction of sp³-hybridized carbons (Fsp3) is 0.259. The molecule has 6 rings (SSSR count). The lowest BCUT2D eigenvalue weighted by molar-refractivity contribution is 0.0692. The van der Waals surface area contributed by atoms with E-state index >= 15 is 0 Å². The monoisotopic (exact) mass is 483 g/mol. The SMILES string of the molecule is Cc1ccc2c(N3CCN(CCc4cccc5c4ccc4c(C(=O)O)nnn45)CC3)cccc2n1.N. The summed E-state index contributed by atoms with van der Waals surface area (Å²) >= 11 is 0. The molecule has 184 valence electrons.